The first-order valence-electron chi connectivity index (χ1n) is 7.62. The number of carbonyl (C=O) groups is 1. The Morgan fingerprint density at radius 2 is 1.48 bits per heavy atom. The molecule has 23 heavy (non-hydrogen) atoms. The highest BCUT2D eigenvalue weighted by molar-refractivity contribution is 7.22. The lowest BCUT2D eigenvalue weighted by atomic mass is 9.99. The van der Waals surface area contributed by atoms with Gasteiger partial charge in [0.15, 0.2) is 5.13 Å². The Bertz CT molecular complexity index is 902. The highest BCUT2D eigenvalue weighted by atomic mass is 32.1. The minimum Gasteiger partial charge on any atom is -0.298 e. The number of fused-ring (bicyclic) bond motifs is 1. The number of hydrogen-bond donors (Lipinski definition) is 1. The monoisotopic (exact) mass is 324 g/mol. The molecule has 4 heteroatoms. The number of aryl methyl sites for hydroxylation is 5. The van der Waals surface area contributed by atoms with Gasteiger partial charge in [-0.25, -0.2) is 4.98 Å². The molecule has 0 bridgehead atoms. The van der Waals surface area contributed by atoms with Gasteiger partial charge in [0.05, 0.1) is 10.2 Å². The molecular weight excluding hydrogens is 304 g/mol. The van der Waals surface area contributed by atoms with Gasteiger partial charge in [0.2, 0.25) is 0 Å². The van der Waals surface area contributed by atoms with Crippen LogP contribution in [0.3, 0.4) is 0 Å². The predicted octanol–water partition coefficient (Wildman–Crippen LogP) is 5.09. The molecule has 0 spiro atoms. The van der Waals surface area contributed by atoms with Crippen molar-refractivity contribution in [1.29, 1.82) is 0 Å². The molecule has 3 nitrogen and oxygen atoms in total. The van der Waals surface area contributed by atoms with Crippen molar-refractivity contribution in [2.24, 2.45) is 0 Å². The minimum atomic E-state index is -0.0894. The maximum atomic E-state index is 12.7. The lowest BCUT2D eigenvalue weighted by Gasteiger charge is -2.10. The zero-order valence-electron chi connectivity index (χ0n) is 14.1. The lowest BCUT2D eigenvalue weighted by molar-refractivity contribution is 0.102. The smallest absolute Gasteiger partial charge is 0.257 e. The van der Waals surface area contributed by atoms with Gasteiger partial charge in [-0.2, -0.15) is 0 Å². The van der Waals surface area contributed by atoms with E-state index in [1.165, 1.54) is 22.5 Å². The van der Waals surface area contributed by atoms with E-state index < -0.39 is 0 Å². The van der Waals surface area contributed by atoms with Crippen molar-refractivity contribution in [1.82, 2.24) is 4.98 Å². The van der Waals surface area contributed by atoms with Gasteiger partial charge in [0.25, 0.3) is 5.91 Å². The molecule has 118 valence electrons. The summed E-state index contributed by atoms with van der Waals surface area (Å²) in [5.41, 5.74) is 7.21. The molecule has 2 aromatic carbocycles. The number of carbonyl (C=O) groups excluding carboxylic acids is 1. The third-order valence-electron chi connectivity index (χ3n) is 3.95. The van der Waals surface area contributed by atoms with Gasteiger partial charge in [-0.1, -0.05) is 35.1 Å². The Morgan fingerprint density at radius 1 is 0.913 bits per heavy atom. The zero-order valence-corrected chi connectivity index (χ0v) is 14.9. The highest BCUT2D eigenvalue weighted by Crippen LogP contribution is 2.30. The largest absolute Gasteiger partial charge is 0.298 e. The summed E-state index contributed by atoms with van der Waals surface area (Å²) < 4.78 is 1.11. The quantitative estimate of drug-likeness (QED) is 0.713. The number of amides is 1. The van der Waals surface area contributed by atoms with E-state index >= 15 is 0 Å². The number of hydrogen-bond acceptors (Lipinski definition) is 3. The van der Waals surface area contributed by atoms with Crippen LogP contribution in [0.15, 0.2) is 24.3 Å². The Morgan fingerprint density at radius 3 is 2.13 bits per heavy atom. The molecular formula is C19H20N2OS. The first kappa shape index (κ1) is 15.7. The molecule has 0 saturated heterocycles. The Balaban J connectivity index is 1.96. The van der Waals surface area contributed by atoms with E-state index in [2.05, 4.69) is 36.3 Å². The SMILES string of the molecule is Cc1cc(C)c(C(=O)Nc2nc3c(C)cc(C)cc3s2)c(C)c1. The van der Waals surface area contributed by atoms with Gasteiger partial charge >= 0.3 is 0 Å². The van der Waals surface area contributed by atoms with Crippen LogP contribution in [-0.4, -0.2) is 10.9 Å². The number of rotatable bonds is 2. The zero-order chi connectivity index (χ0) is 16.7. The summed E-state index contributed by atoms with van der Waals surface area (Å²) in [4.78, 5) is 17.2. The Labute approximate surface area is 140 Å². The molecule has 0 aliphatic heterocycles. The van der Waals surface area contributed by atoms with Crippen LogP contribution in [0.25, 0.3) is 10.2 Å². The first-order chi connectivity index (χ1) is 10.8. The Hall–Kier alpha value is -2.20. The molecule has 0 aliphatic carbocycles. The molecule has 1 N–H and O–H groups in total. The van der Waals surface area contributed by atoms with E-state index in [0.717, 1.165) is 32.5 Å². The summed E-state index contributed by atoms with van der Waals surface area (Å²) in [7, 11) is 0. The maximum absolute atomic E-state index is 12.7. The van der Waals surface area contributed by atoms with Crippen LogP contribution in [0.1, 0.15) is 38.2 Å². The summed E-state index contributed by atoms with van der Waals surface area (Å²) >= 11 is 1.52. The van der Waals surface area contributed by atoms with Crippen molar-refractivity contribution in [3.05, 3.63) is 57.6 Å². The number of thiazole rings is 1. The number of nitrogens with zero attached hydrogens (tertiary/aromatic N) is 1. The number of benzene rings is 2. The van der Waals surface area contributed by atoms with Crippen LogP contribution in [0.2, 0.25) is 0 Å². The maximum Gasteiger partial charge on any atom is 0.257 e. The standard InChI is InChI=1S/C19H20N2OS/c1-10-6-12(3)16(13(4)7-10)18(22)21-19-20-17-14(5)8-11(2)9-15(17)23-19/h6-9H,1-5H3,(H,20,21,22). The van der Waals surface area contributed by atoms with E-state index in [1.807, 2.05) is 32.9 Å². The molecule has 1 aromatic heterocycles. The van der Waals surface area contributed by atoms with Crippen molar-refractivity contribution in [2.45, 2.75) is 34.6 Å². The molecule has 0 atom stereocenters. The summed E-state index contributed by atoms with van der Waals surface area (Å²) in [6, 6.07) is 8.29. The second-order valence-corrected chi connectivity index (χ2v) is 7.21. The van der Waals surface area contributed by atoms with E-state index in [0.29, 0.717) is 5.13 Å². The summed E-state index contributed by atoms with van der Waals surface area (Å²) in [6.45, 7) is 10.1. The average Bonchev–Trinajstić information content (AvgIpc) is 2.79. The highest BCUT2D eigenvalue weighted by Gasteiger charge is 2.15. The topological polar surface area (TPSA) is 42.0 Å². The molecule has 0 radical (unpaired) electrons. The number of nitrogens with one attached hydrogen (secondary N) is 1. The summed E-state index contributed by atoms with van der Waals surface area (Å²) in [5, 5.41) is 3.61. The number of aromatic nitrogens is 1. The lowest BCUT2D eigenvalue weighted by Crippen LogP contribution is -2.15. The average molecular weight is 324 g/mol. The molecule has 3 rings (SSSR count). The second kappa shape index (κ2) is 5.78. The van der Waals surface area contributed by atoms with Crippen LogP contribution in [0.4, 0.5) is 5.13 Å². The van der Waals surface area contributed by atoms with Crippen LogP contribution in [0.5, 0.6) is 0 Å². The van der Waals surface area contributed by atoms with Crippen LogP contribution in [0, 0.1) is 34.6 Å². The Kier molecular flexibility index (Phi) is 3.94. The fraction of sp³-hybridized carbons (Fsp3) is 0.263. The van der Waals surface area contributed by atoms with E-state index in [-0.39, 0.29) is 5.91 Å². The molecule has 1 heterocycles. The van der Waals surface area contributed by atoms with Crippen LogP contribution in [-0.2, 0) is 0 Å². The molecule has 3 aromatic rings. The van der Waals surface area contributed by atoms with Crippen molar-refractivity contribution in [2.75, 3.05) is 5.32 Å². The van der Waals surface area contributed by atoms with Gasteiger partial charge in [-0.15, -0.1) is 0 Å². The normalized spacial score (nSPS) is 11.0. The predicted molar refractivity (Wildman–Crippen MR) is 97.7 cm³/mol. The van der Waals surface area contributed by atoms with E-state index in [4.69, 9.17) is 0 Å². The first-order valence-corrected chi connectivity index (χ1v) is 8.44. The van der Waals surface area contributed by atoms with E-state index in [9.17, 15) is 4.79 Å². The fourth-order valence-corrected chi connectivity index (χ4v) is 4.16. The molecule has 0 fully saturated rings. The van der Waals surface area contributed by atoms with Crippen LogP contribution >= 0.6 is 11.3 Å². The summed E-state index contributed by atoms with van der Waals surface area (Å²) in [6.07, 6.45) is 0. The van der Waals surface area contributed by atoms with Crippen molar-refractivity contribution in [3.8, 4) is 0 Å². The van der Waals surface area contributed by atoms with Gasteiger partial charge in [-0.05, 0) is 62.9 Å². The van der Waals surface area contributed by atoms with Gasteiger partial charge in [0.1, 0.15) is 0 Å². The van der Waals surface area contributed by atoms with Gasteiger partial charge < -0.3 is 0 Å². The van der Waals surface area contributed by atoms with Crippen molar-refractivity contribution >= 4 is 32.6 Å². The minimum absolute atomic E-state index is 0.0894. The fourth-order valence-electron chi connectivity index (χ4n) is 3.12. The van der Waals surface area contributed by atoms with Gasteiger partial charge in [0, 0.05) is 5.56 Å². The van der Waals surface area contributed by atoms with Gasteiger partial charge in [-0.3, -0.25) is 10.1 Å². The molecule has 0 aliphatic rings. The third kappa shape index (κ3) is 2.99. The van der Waals surface area contributed by atoms with Crippen molar-refractivity contribution < 1.29 is 4.79 Å². The third-order valence-corrected chi connectivity index (χ3v) is 4.87. The summed E-state index contributed by atoms with van der Waals surface area (Å²) in [5.74, 6) is -0.0894. The second-order valence-electron chi connectivity index (χ2n) is 6.18. The molecule has 0 unspecified atom stereocenters. The van der Waals surface area contributed by atoms with Crippen molar-refractivity contribution in [3.63, 3.8) is 0 Å². The molecule has 1 amide bonds. The van der Waals surface area contributed by atoms with Crippen LogP contribution < -0.4 is 5.32 Å². The van der Waals surface area contributed by atoms with E-state index in [1.54, 1.807) is 0 Å². The molecule has 0 saturated carbocycles. The number of anilines is 1.